The summed E-state index contributed by atoms with van der Waals surface area (Å²) in [7, 11) is 0. The van der Waals surface area contributed by atoms with Crippen LogP contribution in [0.25, 0.3) is 16.9 Å². The minimum atomic E-state index is -0.990. The molecule has 5 rings (SSSR count). The summed E-state index contributed by atoms with van der Waals surface area (Å²) in [4.78, 5) is 34.3. The summed E-state index contributed by atoms with van der Waals surface area (Å²) >= 11 is 0. The summed E-state index contributed by atoms with van der Waals surface area (Å²) in [6, 6.07) is 8.07. The number of carbonyl (C=O) groups excluding carboxylic acids is 2. The Kier molecular flexibility index (Phi) is 5.71. The lowest BCUT2D eigenvalue weighted by Crippen LogP contribution is -2.63. The van der Waals surface area contributed by atoms with E-state index in [4.69, 9.17) is 9.84 Å². The van der Waals surface area contributed by atoms with Gasteiger partial charge in [-0.25, -0.2) is 13.9 Å². The molecule has 0 radical (unpaired) electrons. The van der Waals surface area contributed by atoms with E-state index in [1.165, 1.54) is 12.1 Å². The molecule has 2 saturated heterocycles. The Morgan fingerprint density at radius 1 is 1.17 bits per heavy atom. The number of hydrogen-bond acceptors (Lipinski definition) is 6. The fourth-order valence-corrected chi connectivity index (χ4v) is 4.83. The van der Waals surface area contributed by atoms with Gasteiger partial charge in [-0.3, -0.25) is 9.59 Å². The van der Waals surface area contributed by atoms with Gasteiger partial charge in [0.25, 0.3) is 5.91 Å². The Hall–Kier alpha value is -3.53. The number of aromatic nitrogens is 3. The predicted octanol–water partition coefficient (Wildman–Crippen LogP) is 2.50. The van der Waals surface area contributed by atoms with Crippen LogP contribution in [0.5, 0.6) is 0 Å². The number of anilines is 1. The van der Waals surface area contributed by atoms with Crippen LogP contribution in [0.4, 0.5) is 10.1 Å². The van der Waals surface area contributed by atoms with Gasteiger partial charge in [0.05, 0.1) is 29.8 Å². The highest BCUT2D eigenvalue weighted by Crippen LogP contribution is 2.30. The van der Waals surface area contributed by atoms with E-state index >= 15 is 0 Å². The predicted molar refractivity (Wildman–Crippen MR) is 129 cm³/mol. The highest BCUT2D eigenvalue weighted by molar-refractivity contribution is 5.99. The molecule has 0 aliphatic carbocycles. The molecular weight excluding hydrogens is 451 g/mol. The van der Waals surface area contributed by atoms with Crippen molar-refractivity contribution >= 4 is 23.1 Å². The first-order valence-corrected chi connectivity index (χ1v) is 11.8. The lowest BCUT2D eigenvalue weighted by Gasteiger charge is -2.40. The number of amides is 2. The summed E-state index contributed by atoms with van der Waals surface area (Å²) in [5.41, 5.74) is 1.96. The largest absolute Gasteiger partial charge is 0.372 e. The number of imidazole rings is 1. The number of hydrogen-bond donors (Lipinski definition) is 1. The van der Waals surface area contributed by atoms with Crippen LogP contribution in [-0.4, -0.2) is 75.2 Å². The molecule has 2 amide bonds. The molecule has 9 nitrogen and oxygen atoms in total. The van der Waals surface area contributed by atoms with Gasteiger partial charge in [-0.1, -0.05) is 0 Å². The van der Waals surface area contributed by atoms with Crippen molar-refractivity contribution in [2.24, 2.45) is 0 Å². The lowest BCUT2D eigenvalue weighted by atomic mass is 9.98. The number of halogens is 1. The van der Waals surface area contributed by atoms with Crippen molar-refractivity contribution in [1.29, 1.82) is 0 Å². The summed E-state index contributed by atoms with van der Waals surface area (Å²) < 4.78 is 21.1. The molecule has 0 spiro atoms. The summed E-state index contributed by atoms with van der Waals surface area (Å²) in [5.74, 6) is -0.850. The third-order valence-electron chi connectivity index (χ3n) is 6.62. The van der Waals surface area contributed by atoms with Gasteiger partial charge in [-0.05, 0) is 58.0 Å². The van der Waals surface area contributed by atoms with E-state index in [0.717, 1.165) is 11.3 Å². The molecule has 184 valence electrons. The maximum atomic E-state index is 13.5. The van der Waals surface area contributed by atoms with Gasteiger partial charge in [0.1, 0.15) is 17.1 Å². The van der Waals surface area contributed by atoms with Crippen LogP contribution < -0.4 is 10.2 Å². The Balaban J connectivity index is 1.61. The zero-order valence-electron chi connectivity index (χ0n) is 20.3. The van der Waals surface area contributed by atoms with Crippen molar-refractivity contribution in [3.8, 4) is 11.3 Å². The second kappa shape index (κ2) is 8.60. The van der Waals surface area contributed by atoms with E-state index in [0.29, 0.717) is 37.5 Å². The number of nitrogens with zero attached hydrogens (tertiary/aromatic N) is 5. The van der Waals surface area contributed by atoms with E-state index in [9.17, 15) is 14.0 Å². The number of fused-ring (bicyclic) bond motifs is 1. The zero-order chi connectivity index (χ0) is 24.9. The monoisotopic (exact) mass is 480 g/mol. The first kappa shape index (κ1) is 23.2. The number of ether oxygens (including phenoxy) is 1. The minimum Gasteiger partial charge on any atom is -0.372 e. The molecule has 2 aromatic heterocycles. The van der Waals surface area contributed by atoms with Crippen molar-refractivity contribution in [2.45, 2.75) is 45.4 Å². The zero-order valence-corrected chi connectivity index (χ0v) is 20.3. The molecular formula is C25H29FN6O3. The standard InChI is InChI=1S/C25H29FN6O3/c1-15-12-30(13-16(2)35-15)21-11-19(17-5-7-18(26)8-6-17)29-32-14-20(28-22(21)32)23(33)31-10-9-27-24(34)25(31,3)4/h5-8,11,14-16H,9-10,12-13H2,1-4H3,(H,27,34). The fourth-order valence-electron chi connectivity index (χ4n) is 4.83. The van der Waals surface area contributed by atoms with Crippen LogP contribution in [0.1, 0.15) is 38.2 Å². The van der Waals surface area contributed by atoms with Gasteiger partial charge in [0.2, 0.25) is 5.91 Å². The van der Waals surface area contributed by atoms with Gasteiger partial charge in [0.15, 0.2) is 5.65 Å². The van der Waals surface area contributed by atoms with Crippen molar-refractivity contribution in [3.05, 3.63) is 48.0 Å². The number of piperazine rings is 1. The number of morpholine rings is 1. The molecule has 2 atom stereocenters. The van der Waals surface area contributed by atoms with E-state index in [1.807, 2.05) is 19.9 Å². The maximum Gasteiger partial charge on any atom is 0.275 e. The Bertz CT molecular complexity index is 1280. The lowest BCUT2D eigenvalue weighted by molar-refractivity contribution is -0.133. The average Bonchev–Trinajstić information content (AvgIpc) is 3.24. The average molecular weight is 481 g/mol. The third-order valence-corrected chi connectivity index (χ3v) is 6.62. The number of benzene rings is 1. The molecule has 0 bridgehead atoms. The summed E-state index contributed by atoms with van der Waals surface area (Å²) in [6.45, 7) is 9.58. The Morgan fingerprint density at radius 3 is 2.54 bits per heavy atom. The first-order valence-electron chi connectivity index (χ1n) is 11.8. The number of nitrogens with one attached hydrogen (secondary N) is 1. The molecule has 2 aliphatic rings. The van der Waals surface area contributed by atoms with Crippen LogP contribution in [0.3, 0.4) is 0 Å². The highest BCUT2D eigenvalue weighted by atomic mass is 19.1. The Morgan fingerprint density at radius 2 is 1.86 bits per heavy atom. The van der Waals surface area contributed by atoms with Gasteiger partial charge < -0.3 is 19.9 Å². The SMILES string of the molecule is CC1CN(c2cc(-c3ccc(F)cc3)nn3cc(C(=O)N4CCNC(=O)C4(C)C)nc23)CC(C)O1. The second-order valence-corrected chi connectivity index (χ2v) is 9.75. The first-order chi connectivity index (χ1) is 16.6. The van der Waals surface area contributed by atoms with Crippen molar-refractivity contribution in [2.75, 3.05) is 31.1 Å². The second-order valence-electron chi connectivity index (χ2n) is 9.75. The van der Waals surface area contributed by atoms with Crippen LogP contribution >= 0.6 is 0 Å². The van der Waals surface area contributed by atoms with Crippen LogP contribution in [0.2, 0.25) is 0 Å². The molecule has 0 saturated carbocycles. The molecule has 1 aromatic carbocycles. The van der Waals surface area contributed by atoms with Gasteiger partial charge in [-0.15, -0.1) is 0 Å². The van der Waals surface area contributed by atoms with Crippen LogP contribution in [0.15, 0.2) is 36.5 Å². The highest BCUT2D eigenvalue weighted by Gasteiger charge is 2.41. The molecule has 2 fully saturated rings. The molecule has 10 heteroatoms. The van der Waals surface area contributed by atoms with Crippen molar-refractivity contribution in [3.63, 3.8) is 0 Å². The van der Waals surface area contributed by atoms with E-state index in [-0.39, 0.29) is 35.5 Å². The van der Waals surface area contributed by atoms with E-state index in [1.54, 1.807) is 41.6 Å². The molecule has 2 aliphatic heterocycles. The molecule has 2 unspecified atom stereocenters. The molecule has 35 heavy (non-hydrogen) atoms. The van der Waals surface area contributed by atoms with E-state index in [2.05, 4.69) is 15.2 Å². The maximum absolute atomic E-state index is 13.5. The third kappa shape index (κ3) is 4.22. The van der Waals surface area contributed by atoms with Crippen molar-refractivity contribution in [1.82, 2.24) is 24.8 Å². The Labute approximate surface area is 202 Å². The smallest absolute Gasteiger partial charge is 0.275 e. The molecule has 1 N–H and O–H groups in total. The number of carbonyl (C=O) groups is 2. The van der Waals surface area contributed by atoms with E-state index < -0.39 is 5.54 Å². The molecule has 3 aromatic rings. The minimum absolute atomic E-state index is 0.0185. The normalized spacial score (nSPS) is 22.4. The van der Waals surface area contributed by atoms with Gasteiger partial charge in [-0.2, -0.15) is 5.10 Å². The summed E-state index contributed by atoms with van der Waals surface area (Å²) in [6.07, 6.45) is 1.64. The van der Waals surface area contributed by atoms with Crippen LogP contribution in [0, 0.1) is 5.82 Å². The number of rotatable bonds is 3. The topological polar surface area (TPSA) is 92.1 Å². The van der Waals surface area contributed by atoms with Gasteiger partial charge in [0, 0.05) is 31.7 Å². The van der Waals surface area contributed by atoms with Gasteiger partial charge >= 0.3 is 0 Å². The van der Waals surface area contributed by atoms with Crippen LogP contribution in [-0.2, 0) is 9.53 Å². The quantitative estimate of drug-likeness (QED) is 0.619. The van der Waals surface area contributed by atoms with Crippen molar-refractivity contribution < 1.29 is 18.7 Å². The molecule has 4 heterocycles. The fraction of sp³-hybridized carbons (Fsp3) is 0.440. The summed E-state index contributed by atoms with van der Waals surface area (Å²) in [5, 5.41) is 7.50.